The normalized spacial score (nSPS) is 16.3. The number of hydrogen-bond acceptors (Lipinski definition) is 6. The predicted molar refractivity (Wildman–Crippen MR) is 98.6 cm³/mol. The third kappa shape index (κ3) is 5.12. The first-order valence-corrected chi connectivity index (χ1v) is 9.98. The number of hydrogen-bond donors (Lipinski definition) is 2. The number of nitrogens with zero attached hydrogens (tertiary/aromatic N) is 1. The van der Waals surface area contributed by atoms with Gasteiger partial charge in [-0.2, -0.15) is 11.3 Å². The molecule has 1 fully saturated rings. The first-order chi connectivity index (χ1) is 12.2. The van der Waals surface area contributed by atoms with E-state index in [0.717, 1.165) is 23.5 Å². The van der Waals surface area contributed by atoms with E-state index in [1.54, 1.807) is 22.7 Å². The Labute approximate surface area is 154 Å². The van der Waals surface area contributed by atoms with Crippen LogP contribution >= 0.6 is 22.7 Å². The summed E-state index contributed by atoms with van der Waals surface area (Å²) in [6.45, 7) is 3.80. The molecule has 0 aliphatic carbocycles. The van der Waals surface area contributed by atoms with Crippen LogP contribution in [0.1, 0.15) is 16.5 Å². The van der Waals surface area contributed by atoms with Gasteiger partial charge in [-0.3, -0.25) is 14.5 Å². The van der Waals surface area contributed by atoms with Crippen LogP contribution in [0.4, 0.5) is 0 Å². The van der Waals surface area contributed by atoms with Gasteiger partial charge >= 0.3 is 11.8 Å². The first kappa shape index (κ1) is 18.1. The SMILES string of the molecule is O=C(NCc1cccs1)C(=O)NC[C@@H](c1ccsc1)N1CCOCC1. The standard InChI is InChI=1S/C17H21N3O3S2/c21-16(18-10-14-2-1-8-25-14)17(22)19-11-15(13-3-9-24-12-13)20-4-6-23-7-5-20/h1-3,8-9,12,15H,4-7,10-11H2,(H,18,21)(H,19,22)/t15-/m0/s1. The number of carbonyl (C=O) groups is 2. The molecule has 0 bridgehead atoms. The number of amides is 2. The zero-order chi connectivity index (χ0) is 17.5. The van der Waals surface area contributed by atoms with Crippen LogP contribution in [0.5, 0.6) is 0 Å². The molecule has 2 aromatic heterocycles. The van der Waals surface area contributed by atoms with Crippen LogP contribution in [-0.4, -0.2) is 49.6 Å². The Kier molecular flexibility index (Phi) is 6.57. The molecule has 1 saturated heterocycles. The van der Waals surface area contributed by atoms with Crippen LogP contribution in [0.25, 0.3) is 0 Å². The van der Waals surface area contributed by atoms with Gasteiger partial charge in [0.2, 0.25) is 0 Å². The molecule has 0 radical (unpaired) electrons. The van der Waals surface area contributed by atoms with Crippen LogP contribution in [0.15, 0.2) is 34.3 Å². The number of morpholine rings is 1. The largest absolute Gasteiger partial charge is 0.379 e. The Hall–Kier alpha value is -1.74. The summed E-state index contributed by atoms with van der Waals surface area (Å²) in [4.78, 5) is 27.4. The lowest BCUT2D eigenvalue weighted by Crippen LogP contribution is -2.46. The van der Waals surface area contributed by atoms with Crippen LogP contribution in [0.2, 0.25) is 0 Å². The van der Waals surface area contributed by atoms with Gasteiger partial charge in [0.1, 0.15) is 0 Å². The minimum atomic E-state index is -0.598. The zero-order valence-electron chi connectivity index (χ0n) is 13.8. The Morgan fingerprint density at radius 1 is 1.16 bits per heavy atom. The maximum absolute atomic E-state index is 12.1. The van der Waals surface area contributed by atoms with Gasteiger partial charge in [-0.1, -0.05) is 6.07 Å². The molecule has 0 unspecified atom stereocenters. The van der Waals surface area contributed by atoms with Crippen LogP contribution < -0.4 is 10.6 Å². The van der Waals surface area contributed by atoms with Crippen molar-refractivity contribution < 1.29 is 14.3 Å². The molecule has 134 valence electrons. The summed E-state index contributed by atoms with van der Waals surface area (Å²) >= 11 is 3.18. The number of nitrogens with one attached hydrogen (secondary N) is 2. The Balaban J connectivity index is 1.52. The lowest BCUT2D eigenvalue weighted by Gasteiger charge is -2.34. The quantitative estimate of drug-likeness (QED) is 0.748. The molecule has 2 amide bonds. The minimum absolute atomic E-state index is 0.0594. The number of rotatable bonds is 6. The Morgan fingerprint density at radius 3 is 2.64 bits per heavy atom. The van der Waals surface area contributed by atoms with Crippen molar-refractivity contribution in [1.82, 2.24) is 15.5 Å². The van der Waals surface area contributed by atoms with Crippen LogP contribution in [0.3, 0.4) is 0 Å². The molecule has 0 saturated carbocycles. The maximum atomic E-state index is 12.1. The maximum Gasteiger partial charge on any atom is 0.309 e. The van der Waals surface area contributed by atoms with E-state index < -0.39 is 11.8 Å². The summed E-state index contributed by atoms with van der Waals surface area (Å²) in [6.07, 6.45) is 0. The Morgan fingerprint density at radius 2 is 1.96 bits per heavy atom. The van der Waals surface area contributed by atoms with Crippen LogP contribution in [0, 0.1) is 0 Å². The molecule has 0 aromatic carbocycles. The van der Waals surface area contributed by atoms with E-state index in [2.05, 4.69) is 27.0 Å². The molecule has 0 spiro atoms. The van der Waals surface area contributed by atoms with Gasteiger partial charge in [0.05, 0.1) is 25.8 Å². The van der Waals surface area contributed by atoms with E-state index in [1.807, 2.05) is 22.9 Å². The smallest absolute Gasteiger partial charge is 0.309 e. The monoisotopic (exact) mass is 379 g/mol. The third-order valence-corrected chi connectivity index (χ3v) is 5.66. The predicted octanol–water partition coefficient (Wildman–Crippen LogP) is 1.62. The molecule has 3 heterocycles. The molecule has 8 heteroatoms. The van der Waals surface area contributed by atoms with E-state index >= 15 is 0 Å². The lowest BCUT2D eigenvalue weighted by molar-refractivity contribution is -0.139. The van der Waals surface area contributed by atoms with Crippen molar-refractivity contribution in [3.05, 3.63) is 44.8 Å². The van der Waals surface area contributed by atoms with Gasteiger partial charge in [-0.25, -0.2) is 0 Å². The molecule has 25 heavy (non-hydrogen) atoms. The van der Waals surface area contributed by atoms with Gasteiger partial charge in [-0.05, 0) is 33.8 Å². The van der Waals surface area contributed by atoms with Gasteiger partial charge in [-0.15, -0.1) is 11.3 Å². The molecule has 1 aliphatic heterocycles. The summed E-state index contributed by atoms with van der Waals surface area (Å²) in [7, 11) is 0. The topological polar surface area (TPSA) is 70.7 Å². The highest BCUT2D eigenvalue weighted by Gasteiger charge is 2.24. The molecule has 2 N–H and O–H groups in total. The highest BCUT2D eigenvalue weighted by Crippen LogP contribution is 2.23. The van der Waals surface area contributed by atoms with E-state index in [-0.39, 0.29) is 6.04 Å². The van der Waals surface area contributed by atoms with E-state index in [4.69, 9.17) is 4.74 Å². The molecular formula is C17H21N3O3S2. The highest BCUT2D eigenvalue weighted by atomic mass is 32.1. The average Bonchev–Trinajstić information content (AvgIpc) is 3.34. The summed E-state index contributed by atoms with van der Waals surface area (Å²) in [5.41, 5.74) is 1.16. The van der Waals surface area contributed by atoms with Gasteiger partial charge < -0.3 is 15.4 Å². The first-order valence-electron chi connectivity index (χ1n) is 8.16. The average molecular weight is 380 g/mol. The summed E-state index contributed by atoms with van der Waals surface area (Å²) in [6, 6.07) is 5.96. The summed E-state index contributed by atoms with van der Waals surface area (Å²) in [5, 5.41) is 11.5. The van der Waals surface area contributed by atoms with E-state index in [9.17, 15) is 9.59 Å². The van der Waals surface area contributed by atoms with Gasteiger partial charge in [0.25, 0.3) is 0 Å². The second-order valence-electron chi connectivity index (χ2n) is 5.69. The fourth-order valence-electron chi connectivity index (χ4n) is 2.74. The molecular weight excluding hydrogens is 358 g/mol. The zero-order valence-corrected chi connectivity index (χ0v) is 15.4. The second-order valence-corrected chi connectivity index (χ2v) is 7.51. The number of carbonyl (C=O) groups excluding carboxylic acids is 2. The Bertz CT molecular complexity index is 667. The van der Waals surface area contributed by atoms with Crippen molar-refractivity contribution in [3.63, 3.8) is 0 Å². The van der Waals surface area contributed by atoms with Gasteiger partial charge in [0, 0.05) is 24.5 Å². The fourth-order valence-corrected chi connectivity index (χ4v) is 4.09. The van der Waals surface area contributed by atoms with Crippen molar-refractivity contribution >= 4 is 34.5 Å². The number of thiophene rings is 2. The highest BCUT2D eigenvalue weighted by molar-refractivity contribution is 7.09. The molecule has 2 aromatic rings. The molecule has 1 atom stereocenters. The third-order valence-electron chi connectivity index (χ3n) is 4.08. The van der Waals surface area contributed by atoms with Crippen molar-refractivity contribution in [2.75, 3.05) is 32.8 Å². The molecule has 6 nitrogen and oxygen atoms in total. The van der Waals surface area contributed by atoms with Crippen molar-refractivity contribution in [2.24, 2.45) is 0 Å². The molecule has 3 rings (SSSR count). The lowest BCUT2D eigenvalue weighted by atomic mass is 10.1. The second kappa shape index (κ2) is 9.10. The number of ether oxygens (including phenoxy) is 1. The fraction of sp³-hybridized carbons (Fsp3) is 0.412. The molecule has 1 aliphatic rings. The van der Waals surface area contributed by atoms with Crippen molar-refractivity contribution in [1.29, 1.82) is 0 Å². The van der Waals surface area contributed by atoms with Crippen molar-refractivity contribution in [2.45, 2.75) is 12.6 Å². The minimum Gasteiger partial charge on any atom is -0.379 e. The summed E-state index contributed by atoms with van der Waals surface area (Å²) < 4.78 is 5.41. The van der Waals surface area contributed by atoms with E-state index in [0.29, 0.717) is 26.3 Å². The van der Waals surface area contributed by atoms with Crippen molar-refractivity contribution in [3.8, 4) is 0 Å². The van der Waals surface area contributed by atoms with E-state index in [1.165, 1.54) is 0 Å². The van der Waals surface area contributed by atoms with Gasteiger partial charge in [0.15, 0.2) is 0 Å². The summed E-state index contributed by atoms with van der Waals surface area (Å²) in [5.74, 6) is -1.19. The van der Waals surface area contributed by atoms with Crippen LogP contribution in [-0.2, 0) is 20.9 Å².